The first-order valence-electron chi connectivity index (χ1n) is 15.9. The molecule has 1 aliphatic carbocycles. The molecule has 1 saturated carbocycles. The van der Waals surface area contributed by atoms with Crippen molar-refractivity contribution in [2.24, 2.45) is 5.92 Å². The van der Waals surface area contributed by atoms with Gasteiger partial charge in [0.2, 0.25) is 0 Å². The van der Waals surface area contributed by atoms with Crippen LogP contribution in [0.25, 0.3) is 0 Å². The number of nitrogens with zero attached hydrogens (tertiary/aromatic N) is 3. The predicted molar refractivity (Wildman–Crippen MR) is 163 cm³/mol. The normalized spacial score (nSPS) is 21.8. The highest BCUT2D eigenvalue weighted by molar-refractivity contribution is 6.36. The molecule has 3 aliphatic rings. The maximum Gasteiger partial charge on any atom is 0.312 e. The first-order valence-corrected chi connectivity index (χ1v) is 15.9. The third kappa shape index (κ3) is 7.94. The highest BCUT2D eigenvalue weighted by Crippen LogP contribution is 2.27. The van der Waals surface area contributed by atoms with Crippen LogP contribution in [-0.2, 0) is 32.0 Å². The summed E-state index contributed by atoms with van der Waals surface area (Å²) < 4.78 is 0. The third-order valence-corrected chi connectivity index (χ3v) is 9.28. The van der Waals surface area contributed by atoms with Crippen molar-refractivity contribution >= 4 is 23.6 Å². The van der Waals surface area contributed by atoms with E-state index in [1.54, 1.807) is 26.8 Å². The summed E-state index contributed by atoms with van der Waals surface area (Å²) in [6, 6.07) is 16.8. The molecule has 4 amide bonds. The standard InChI is InChI=1S/C34H44N4O5/c39-30-16-14-26(15-17-30)21-29-24-36(33(42)34(43)37(29)20-18-25-9-3-1-4-10-25)19-8-7-13-28-22-35-31(40)32(41)38(28)23-27-11-5-2-6-12-27/h1,3-4,9-10,14-17,27-29,39H,2,5-8,11-13,18-24H2,(H,35,40)/t28-,29+/m1/s1. The molecule has 9 heteroatoms. The van der Waals surface area contributed by atoms with E-state index in [9.17, 15) is 24.3 Å². The second-order valence-corrected chi connectivity index (χ2v) is 12.3. The van der Waals surface area contributed by atoms with Gasteiger partial charge in [0.15, 0.2) is 0 Å². The van der Waals surface area contributed by atoms with Gasteiger partial charge in [-0.2, -0.15) is 0 Å². The number of rotatable bonds is 12. The number of amides is 4. The van der Waals surface area contributed by atoms with Crippen molar-refractivity contribution in [2.45, 2.75) is 76.3 Å². The summed E-state index contributed by atoms with van der Waals surface area (Å²) in [6.07, 6.45) is 9.32. The molecule has 0 unspecified atom stereocenters. The van der Waals surface area contributed by atoms with Gasteiger partial charge in [-0.1, -0.05) is 61.7 Å². The second-order valence-electron chi connectivity index (χ2n) is 12.3. The number of carbonyl (C=O) groups excluding carboxylic acids is 4. The van der Waals surface area contributed by atoms with Gasteiger partial charge < -0.3 is 25.1 Å². The van der Waals surface area contributed by atoms with E-state index in [0.29, 0.717) is 57.9 Å². The van der Waals surface area contributed by atoms with E-state index in [-0.39, 0.29) is 17.8 Å². The van der Waals surface area contributed by atoms with Gasteiger partial charge in [0.05, 0.1) is 6.04 Å². The van der Waals surface area contributed by atoms with Crippen LogP contribution in [-0.4, -0.2) is 88.2 Å². The van der Waals surface area contributed by atoms with Crippen molar-refractivity contribution in [3.8, 4) is 5.75 Å². The molecule has 5 rings (SSSR count). The molecule has 9 nitrogen and oxygen atoms in total. The molecule has 0 spiro atoms. The first kappa shape index (κ1) is 30.6. The van der Waals surface area contributed by atoms with Gasteiger partial charge in [0, 0.05) is 38.8 Å². The van der Waals surface area contributed by atoms with Gasteiger partial charge in [0.25, 0.3) is 0 Å². The topological polar surface area (TPSA) is 110 Å². The Hall–Kier alpha value is -3.88. The maximum atomic E-state index is 13.4. The fourth-order valence-corrected chi connectivity index (χ4v) is 6.82. The lowest BCUT2D eigenvalue weighted by Gasteiger charge is -2.41. The molecule has 2 atom stereocenters. The molecule has 2 heterocycles. The average Bonchev–Trinajstić information content (AvgIpc) is 3.02. The summed E-state index contributed by atoms with van der Waals surface area (Å²) in [7, 11) is 0. The number of aromatic hydroxyl groups is 1. The molecule has 230 valence electrons. The maximum absolute atomic E-state index is 13.4. The third-order valence-electron chi connectivity index (χ3n) is 9.28. The molecular weight excluding hydrogens is 544 g/mol. The van der Waals surface area contributed by atoms with Crippen LogP contribution in [0, 0.1) is 5.92 Å². The predicted octanol–water partition coefficient (Wildman–Crippen LogP) is 3.29. The minimum Gasteiger partial charge on any atom is -0.508 e. The van der Waals surface area contributed by atoms with Crippen molar-refractivity contribution in [1.82, 2.24) is 20.0 Å². The van der Waals surface area contributed by atoms with Crippen LogP contribution in [0.2, 0.25) is 0 Å². The Kier molecular flexibility index (Phi) is 10.3. The molecule has 43 heavy (non-hydrogen) atoms. The van der Waals surface area contributed by atoms with Gasteiger partial charge in [0.1, 0.15) is 5.75 Å². The summed E-state index contributed by atoms with van der Waals surface area (Å²) in [5, 5.41) is 12.5. The molecule has 2 aromatic carbocycles. The zero-order valence-electron chi connectivity index (χ0n) is 25.0. The van der Waals surface area contributed by atoms with Crippen LogP contribution in [0.4, 0.5) is 0 Å². The van der Waals surface area contributed by atoms with E-state index in [2.05, 4.69) is 5.32 Å². The Morgan fingerprint density at radius 1 is 0.744 bits per heavy atom. The Bertz CT molecular complexity index is 1260. The van der Waals surface area contributed by atoms with Crippen LogP contribution >= 0.6 is 0 Å². The highest BCUT2D eigenvalue weighted by Gasteiger charge is 2.39. The van der Waals surface area contributed by atoms with Gasteiger partial charge in [-0.25, -0.2) is 0 Å². The Balaban J connectivity index is 1.18. The van der Waals surface area contributed by atoms with Gasteiger partial charge in [-0.3, -0.25) is 19.2 Å². The minimum atomic E-state index is -0.513. The van der Waals surface area contributed by atoms with Crippen molar-refractivity contribution in [1.29, 1.82) is 0 Å². The smallest absolute Gasteiger partial charge is 0.312 e. The monoisotopic (exact) mass is 588 g/mol. The second kappa shape index (κ2) is 14.5. The van der Waals surface area contributed by atoms with Crippen molar-refractivity contribution in [2.75, 3.05) is 32.7 Å². The molecule has 2 saturated heterocycles. The molecule has 0 bridgehead atoms. The lowest BCUT2D eigenvalue weighted by atomic mass is 9.88. The Morgan fingerprint density at radius 3 is 2.23 bits per heavy atom. The van der Waals surface area contributed by atoms with E-state index >= 15 is 0 Å². The van der Waals surface area contributed by atoms with Crippen molar-refractivity contribution < 1.29 is 24.3 Å². The van der Waals surface area contributed by atoms with Crippen LogP contribution in [0.5, 0.6) is 5.75 Å². The largest absolute Gasteiger partial charge is 0.508 e. The number of nitrogens with one attached hydrogen (secondary N) is 1. The summed E-state index contributed by atoms with van der Waals surface area (Å²) >= 11 is 0. The lowest BCUT2D eigenvalue weighted by molar-refractivity contribution is -0.159. The van der Waals surface area contributed by atoms with E-state index in [1.165, 1.54) is 19.3 Å². The molecule has 2 aliphatic heterocycles. The number of hydrogen-bond donors (Lipinski definition) is 2. The number of hydrogen-bond acceptors (Lipinski definition) is 5. The van der Waals surface area contributed by atoms with Crippen LogP contribution in [0.1, 0.15) is 62.5 Å². The fraction of sp³-hybridized carbons (Fsp3) is 0.529. The highest BCUT2D eigenvalue weighted by atomic mass is 16.3. The lowest BCUT2D eigenvalue weighted by Crippen LogP contribution is -2.60. The molecule has 3 fully saturated rings. The Morgan fingerprint density at radius 2 is 1.49 bits per heavy atom. The van der Waals surface area contributed by atoms with Gasteiger partial charge in [-0.15, -0.1) is 0 Å². The molecule has 0 radical (unpaired) electrons. The van der Waals surface area contributed by atoms with Crippen LogP contribution < -0.4 is 5.32 Å². The number of phenols is 1. The number of carbonyl (C=O) groups is 4. The van der Waals surface area contributed by atoms with E-state index < -0.39 is 23.6 Å². The molecule has 2 N–H and O–H groups in total. The summed E-state index contributed by atoms with van der Waals surface area (Å²) in [6.45, 7) is 2.49. The average molecular weight is 589 g/mol. The van der Waals surface area contributed by atoms with E-state index in [4.69, 9.17) is 0 Å². The van der Waals surface area contributed by atoms with Gasteiger partial charge >= 0.3 is 23.6 Å². The van der Waals surface area contributed by atoms with Gasteiger partial charge in [-0.05, 0) is 74.1 Å². The van der Waals surface area contributed by atoms with Crippen molar-refractivity contribution in [3.05, 3.63) is 65.7 Å². The number of unbranched alkanes of at least 4 members (excludes halogenated alkanes) is 1. The first-order chi connectivity index (χ1) is 20.9. The zero-order valence-corrected chi connectivity index (χ0v) is 25.0. The fourth-order valence-electron chi connectivity index (χ4n) is 6.82. The van der Waals surface area contributed by atoms with Crippen LogP contribution in [0.3, 0.4) is 0 Å². The van der Waals surface area contributed by atoms with E-state index in [0.717, 1.165) is 36.8 Å². The molecule has 2 aromatic rings. The molecule has 0 aromatic heterocycles. The zero-order chi connectivity index (χ0) is 30.2. The molecular formula is C34H44N4O5. The SMILES string of the molecule is O=C1NC[C@@H](CCCCN2C[C@H](Cc3ccc(O)cc3)N(CCc3ccccc3)C(=O)C2=O)N(CC2CCCCC2)C1=O. The van der Waals surface area contributed by atoms with Crippen molar-refractivity contribution in [3.63, 3.8) is 0 Å². The summed E-state index contributed by atoms with van der Waals surface area (Å²) in [4.78, 5) is 56.7. The minimum absolute atomic E-state index is 0.0402. The number of phenolic OH excluding ortho intramolecular Hbond substituents is 1. The van der Waals surface area contributed by atoms with E-state index in [1.807, 2.05) is 42.5 Å². The van der Waals surface area contributed by atoms with Crippen LogP contribution in [0.15, 0.2) is 54.6 Å². The number of benzene rings is 2. The quantitative estimate of drug-likeness (QED) is 0.292. The number of piperazine rings is 2. The summed E-state index contributed by atoms with van der Waals surface area (Å²) in [5.74, 6) is -1.22. The summed E-state index contributed by atoms with van der Waals surface area (Å²) in [5.41, 5.74) is 2.11. The Labute approximate surface area is 254 Å².